The molecule has 2 aromatic heterocycles. The quantitative estimate of drug-likeness (QED) is 0.885. The second-order valence-electron chi connectivity index (χ2n) is 3.80. The number of hydrogen-bond acceptors (Lipinski definition) is 4. The van der Waals surface area contributed by atoms with E-state index in [9.17, 15) is 13.2 Å². The molecule has 0 saturated heterocycles. The minimum Gasteiger partial charge on any atom is -0.366 e. The van der Waals surface area contributed by atoms with Crippen LogP contribution in [0.5, 0.6) is 0 Å². The zero-order valence-electron chi connectivity index (χ0n) is 9.84. The van der Waals surface area contributed by atoms with Crippen LogP contribution in [0.2, 0.25) is 0 Å². The van der Waals surface area contributed by atoms with Gasteiger partial charge in [-0.25, -0.2) is 13.4 Å². The van der Waals surface area contributed by atoms with Gasteiger partial charge >= 0.3 is 0 Å². The maximum Gasteiger partial charge on any atom is 0.268 e. The van der Waals surface area contributed by atoms with E-state index >= 15 is 0 Å². The van der Waals surface area contributed by atoms with Crippen molar-refractivity contribution in [1.29, 1.82) is 0 Å². The van der Waals surface area contributed by atoms with Crippen LogP contribution in [0, 0.1) is 6.92 Å². The number of nitrogens with one attached hydrogen (secondary N) is 2. The molecule has 2 aromatic rings. The molecule has 8 heteroatoms. The number of aromatic amines is 1. The number of sulfonamides is 1. The Morgan fingerprint density at radius 1 is 1.42 bits per heavy atom. The van der Waals surface area contributed by atoms with Crippen molar-refractivity contribution in [2.75, 3.05) is 4.72 Å². The molecule has 0 aliphatic rings. The summed E-state index contributed by atoms with van der Waals surface area (Å²) in [6.07, 6.45) is 3.99. The summed E-state index contributed by atoms with van der Waals surface area (Å²) in [5, 5.41) is 0. The zero-order chi connectivity index (χ0) is 14.0. The van der Waals surface area contributed by atoms with Gasteiger partial charge in [0.25, 0.3) is 10.0 Å². The predicted octanol–water partition coefficient (Wildman–Crippen LogP) is 1.64. The number of anilines is 1. The molecular weight excluding hydrogens is 334 g/mol. The minimum absolute atomic E-state index is 0.156. The molecule has 0 amide bonds. The molecule has 0 fully saturated rings. The van der Waals surface area contributed by atoms with E-state index in [-0.39, 0.29) is 10.7 Å². The van der Waals surface area contributed by atoms with Crippen molar-refractivity contribution in [3.05, 3.63) is 51.0 Å². The summed E-state index contributed by atoms with van der Waals surface area (Å²) in [7, 11) is -3.95. The van der Waals surface area contributed by atoms with E-state index in [1.165, 1.54) is 12.4 Å². The van der Waals surface area contributed by atoms with Crippen LogP contribution in [0.4, 0.5) is 5.82 Å². The number of hydrogen-bond donors (Lipinski definition) is 2. The third kappa shape index (κ3) is 3.02. The van der Waals surface area contributed by atoms with Crippen molar-refractivity contribution in [1.82, 2.24) is 9.97 Å². The number of rotatable bonds is 3. The highest BCUT2D eigenvalue weighted by molar-refractivity contribution is 9.10. The standard InChI is InChI=1S/C11H10BrN3O3S/c1-7-4-11(14-5-8(7)12)15-19(17,18)10-6-13-3-2-9(10)16/h2-6H,1H3,(H,13,16)(H,14,15). The first-order chi connectivity index (χ1) is 8.90. The molecule has 0 aromatic carbocycles. The molecule has 19 heavy (non-hydrogen) atoms. The van der Waals surface area contributed by atoms with Gasteiger partial charge < -0.3 is 4.98 Å². The Morgan fingerprint density at radius 2 is 2.16 bits per heavy atom. The van der Waals surface area contributed by atoms with Gasteiger partial charge in [-0.1, -0.05) is 0 Å². The summed E-state index contributed by atoms with van der Waals surface area (Å²) < 4.78 is 27.1. The maximum atomic E-state index is 12.0. The summed E-state index contributed by atoms with van der Waals surface area (Å²) in [4.78, 5) is 17.7. The van der Waals surface area contributed by atoms with Crippen LogP contribution in [0.1, 0.15) is 5.56 Å². The topological polar surface area (TPSA) is 91.9 Å². The number of pyridine rings is 2. The van der Waals surface area contributed by atoms with E-state index in [0.717, 1.165) is 22.3 Å². The van der Waals surface area contributed by atoms with Gasteiger partial charge in [-0.05, 0) is 34.5 Å². The Labute approximate surface area is 118 Å². The van der Waals surface area contributed by atoms with Crippen LogP contribution in [0.15, 0.2) is 44.9 Å². The van der Waals surface area contributed by atoms with E-state index in [0.29, 0.717) is 0 Å². The lowest BCUT2D eigenvalue weighted by Gasteiger charge is -2.07. The lowest BCUT2D eigenvalue weighted by Crippen LogP contribution is -2.21. The van der Waals surface area contributed by atoms with Crippen LogP contribution >= 0.6 is 15.9 Å². The lowest BCUT2D eigenvalue weighted by molar-refractivity contribution is 0.600. The van der Waals surface area contributed by atoms with Gasteiger partial charge in [0.2, 0.25) is 5.43 Å². The third-order valence-corrected chi connectivity index (χ3v) is 4.57. The maximum absolute atomic E-state index is 12.0. The lowest BCUT2D eigenvalue weighted by atomic mass is 10.3. The summed E-state index contributed by atoms with van der Waals surface area (Å²) in [5.41, 5.74) is 0.245. The molecule has 2 rings (SSSR count). The van der Waals surface area contributed by atoms with Gasteiger partial charge in [-0.3, -0.25) is 9.52 Å². The fourth-order valence-corrected chi connectivity index (χ4v) is 2.67. The molecule has 0 aliphatic heterocycles. The molecule has 0 spiro atoms. The highest BCUT2D eigenvalue weighted by Gasteiger charge is 2.18. The van der Waals surface area contributed by atoms with Crippen molar-refractivity contribution >= 4 is 31.8 Å². The van der Waals surface area contributed by atoms with Crippen LogP contribution in [0.25, 0.3) is 0 Å². The van der Waals surface area contributed by atoms with Crippen molar-refractivity contribution in [3.63, 3.8) is 0 Å². The predicted molar refractivity (Wildman–Crippen MR) is 74.5 cm³/mol. The molecule has 0 aliphatic carbocycles. The van der Waals surface area contributed by atoms with Gasteiger partial charge in [0.05, 0.1) is 0 Å². The fraction of sp³-hybridized carbons (Fsp3) is 0.0909. The molecule has 0 unspecified atom stereocenters. The first-order valence-electron chi connectivity index (χ1n) is 5.22. The van der Waals surface area contributed by atoms with Crippen molar-refractivity contribution in [3.8, 4) is 0 Å². The van der Waals surface area contributed by atoms with Crippen molar-refractivity contribution in [2.45, 2.75) is 11.8 Å². The Kier molecular flexibility index (Phi) is 3.72. The molecule has 0 bridgehead atoms. The van der Waals surface area contributed by atoms with E-state index in [1.54, 1.807) is 13.0 Å². The Hall–Kier alpha value is -1.67. The monoisotopic (exact) mass is 343 g/mol. The smallest absolute Gasteiger partial charge is 0.268 e. The molecule has 0 atom stereocenters. The molecule has 0 radical (unpaired) electrons. The average Bonchev–Trinajstić information content (AvgIpc) is 2.34. The van der Waals surface area contributed by atoms with Crippen LogP contribution in [0.3, 0.4) is 0 Å². The summed E-state index contributed by atoms with van der Waals surface area (Å²) in [5.74, 6) is 0.156. The van der Waals surface area contributed by atoms with E-state index in [1.807, 2.05) is 0 Å². The minimum atomic E-state index is -3.95. The largest absolute Gasteiger partial charge is 0.366 e. The first-order valence-corrected chi connectivity index (χ1v) is 7.50. The molecule has 2 N–H and O–H groups in total. The summed E-state index contributed by atoms with van der Waals surface area (Å²) >= 11 is 3.27. The van der Waals surface area contributed by atoms with E-state index in [4.69, 9.17) is 0 Å². The molecule has 100 valence electrons. The van der Waals surface area contributed by atoms with Gasteiger partial charge in [0.15, 0.2) is 4.90 Å². The van der Waals surface area contributed by atoms with Gasteiger partial charge in [0, 0.05) is 29.1 Å². The first kappa shape index (κ1) is 13.8. The summed E-state index contributed by atoms with van der Waals surface area (Å²) in [6.45, 7) is 1.80. The zero-order valence-corrected chi connectivity index (χ0v) is 12.2. The van der Waals surface area contributed by atoms with Crippen LogP contribution in [-0.4, -0.2) is 18.4 Å². The average molecular weight is 344 g/mol. The second kappa shape index (κ2) is 5.14. The van der Waals surface area contributed by atoms with Gasteiger partial charge in [0.1, 0.15) is 5.82 Å². The second-order valence-corrected chi connectivity index (χ2v) is 6.30. The Morgan fingerprint density at radius 3 is 2.79 bits per heavy atom. The number of nitrogens with zero attached hydrogens (tertiary/aromatic N) is 1. The number of halogens is 1. The molecular formula is C11H10BrN3O3S. The third-order valence-electron chi connectivity index (χ3n) is 2.36. The van der Waals surface area contributed by atoms with Gasteiger partial charge in [-0.2, -0.15) is 0 Å². The highest BCUT2D eigenvalue weighted by Crippen LogP contribution is 2.18. The molecule has 0 saturated carbocycles. The Bertz CT molecular complexity index is 771. The van der Waals surface area contributed by atoms with E-state index in [2.05, 4.69) is 30.6 Å². The Balaban J connectivity index is 2.40. The summed E-state index contributed by atoms with van der Waals surface area (Å²) in [6, 6.07) is 2.72. The van der Waals surface area contributed by atoms with Crippen molar-refractivity contribution in [2.24, 2.45) is 0 Å². The number of H-pyrrole nitrogens is 1. The van der Waals surface area contributed by atoms with Gasteiger partial charge in [-0.15, -0.1) is 0 Å². The molecule has 2 heterocycles. The van der Waals surface area contributed by atoms with Crippen molar-refractivity contribution < 1.29 is 8.42 Å². The highest BCUT2D eigenvalue weighted by atomic mass is 79.9. The number of aryl methyl sites for hydroxylation is 1. The van der Waals surface area contributed by atoms with Crippen LogP contribution < -0.4 is 10.2 Å². The normalized spacial score (nSPS) is 11.3. The fourth-order valence-electron chi connectivity index (χ4n) is 1.40. The van der Waals surface area contributed by atoms with Crippen LogP contribution in [-0.2, 0) is 10.0 Å². The molecule has 6 nitrogen and oxygen atoms in total. The SMILES string of the molecule is Cc1cc(NS(=O)(=O)c2c[nH]ccc2=O)ncc1Br. The van der Waals surface area contributed by atoms with E-state index < -0.39 is 15.5 Å². The number of aromatic nitrogens is 2.